The maximum Gasteiger partial charge on any atom is 0.162 e. The van der Waals surface area contributed by atoms with E-state index < -0.39 is 0 Å². The summed E-state index contributed by atoms with van der Waals surface area (Å²) >= 11 is 11.7. The number of H-pyrrole nitrogens is 1. The van der Waals surface area contributed by atoms with Crippen LogP contribution in [0.15, 0.2) is 18.7 Å². The highest BCUT2D eigenvalue weighted by molar-refractivity contribution is 6.36. The summed E-state index contributed by atoms with van der Waals surface area (Å²) in [6.07, 6.45) is 2.86. The van der Waals surface area contributed by atoms with E-state index in [1.54, 1.807) is 0 Å². The molecule has 4 N–H and O–H groups in total. The highest BCUT2D eigenvalue weighted by Gasteiger charge is 2.16. The molecule has 0 unspecified atom stereocenters. The summed E-state index contributed by atoms with van der Waals surface area (Å²) in [6.45, 7) is 0.0664. The molecular formula is C12H9Cl2N5O2. The largest absolute Gasteiger partial charge is 0.506 e. The number of fused-ring (bicyclic) bond motifs is 1. The van der Waals surface area contributed by atoms with E-state index in [2.05, 4.69) is 25.3 Å². The van der Waals surface area contributed by atoms with Crippen molar-refractivity contribution in [3.8, 4) is 11.5 Å². The third-order valence-corrected chi connectivity index (χ3v) is 3.50. The van der Waals surface area contributed by atoms with Crippen molar-refractivity contribution in [2.75, 3.05) is 5.32 Å². The van der Waals surface area contributed by atoms with Gasteiger partial charge in [0.05, 0.1) is 21.9 Å². The molecule has 7 nitrogen and oxygen atoms in total. The summed E-state index contributed by atoms with van der Waals surface area (Å²) in [4.78, 5) is 15.0. The van der Waals surface area contributed by atoms with Crippen molar-refractivity contribution in [1.29, 1.82) is 0 Å². The van der Waals surface area contributed by atoms with Crippen molar-refractivity contribution >= 4 is 40.2 Å². The minimum Gasteiger partial charge on any atom is -0.506 e. The Labute approximate surface area is 128 Å². The molecule has 0 amide bonds. The molecule has 21 heavy (non-hydrogen) atoms. The van der Waals surface area contributed by atoms with Gasteiger partial charge in [0.1, 0.15) is 23.3 Å². The number of phenols is 2. The van der Waals surface area contributed by atoms with Gasteiger partial charge in [-0.2, -0.15) is 0 Å². The van der Waals surface area contributed by atoms with Crippen LogP contribution in [0.3, 0.4) is 0 Å². The SMILES string of the molecule is Oc1c(Cl)cc(Cl)c(O)c1CNc1ncnc2[nH]cnc12. The first kappa shape index (κ1) is 13.7. The second-order valence-electron chi connectivity index (χ2n) is 4.19. The zero-order chi connectivity index (χ0) is 15.0. The Bertz CT molecular complexity index is 795. The molecule has 1 aromatic carbocycles. The summed E-state index contributed by atoms with van der Waals surface area (Å²) in [5.41, 5.74) is 1.30. The van der Waals surface area contributed by atoms with Crippen LogP contribution in [0.5, 0.6) is 11.5 Å². The Hall–Kier alpha value is -2.25. The van der Waals surface area contributed by atoms with Crippen molar-refractivity contribution in [3.05, 3.63) is 34.3 Å². The van der Waals surface area contributed by atoms with E-state index in [0.29, 0.717) is 17.0 Å². The molecule has 0 aliphatic rings. The Morgan fingerprint density at radius 1 is 1.10 bits per heavy atom. The lowest BCUT2D eigenvalue weighted by Gasteiger charge is -2.11. The fourth-order valence-electron chi connectivity index (χ4n) is 1.88. The number of aromatic nitrogens is 4. The van der Waals surface area contributed by atoms with Crippen molar-refractivity contribution in [2.45, 2.75) is 6.54 Å². The molecule has 0 saturated carbocycles. The molecule has 0 bridgehead atoms. The molecule has 0 atom stereocenters. The number of aromatic amines is 1. The zero-order valence-corrected chi connectivity index (χ0v) is 11.9. The van der Waals surface area contributed by atoms with Gasteiger partial charge in [-0.1, -0.05) is 23.2 Å². The van der Waals surface area contributed by atoms with Crippen LogP contribution in [0.4, 0.5) is 5.82 Å². The van der Waals surface area contributed by atoms with Crippen LogP contribution in [-0.4, -0.2) is 30.1 Å². The lowest BCUT2D eigenvalue weighted by atomic mass is 10.1. The Morgan fingerprint density at radius 3 is 2.52 bits per heavy atom. The fraction of sp³-hybridized carbons (Fsp3) is 0.0833. The first-order chi connectivity index (χ1) is 10.1. The third kappa shape index (κ3) is 2.41. The number of hydrogen-bond donors (Lipinski definition) is 4. The summed E-state index contributed by atoms with van der Waals surface area (Å²) in [6, 6.07) is 1.27. The van der Waals surface area contributed by atoms with E-state index in [-0.39, 0.29) is 33.7 Å². The zero-order valence-electron chi connectivity index (χ0n) is 10.4. The van der Waals surface area contributed by atoms with Crippen LogP contribution < -0.4 is 5.32 Å². The van der Waals surface area contributed by atoms with Gasteiger partial charge in [0.2, 0.25) is 0 Å². The number of phenolic OH excluding ortho intramolecular Hbond substituents is 2. The molecule has 0 saturated heterocycles. The average Bonchev–Trinajstić information content (AvgIpc) is 2.94. The molecule has 3 rings (SSSR count). The van der Waals surface area contributed by atoms with E-state index in [1.807, 2.05) is 0 Å². The van der Waals surface area contributed by atoms with Crippen molar-refractivity contribution in [3.63, 3.8) is 0 Å². The predicted molar refractivity (Wildman–Crippen MR) is 78.8 cm³/mol. The van der Waals surface area contributed by atoms with Crippen molar-refractivity contribution < 1.29 is 10.2 Å². The summed E-state index contributed by atoms with van der Waals surface area (Å²) in [7, 11) is 0. The van der Waals surface area contributed by atoms with Gasteiger partial charge in [0, 0.05) is 6.54 Å². The molecule has 9 heteroatoms. The second kappa shape index (κ2) is 5.27. The fourth-order valence-corrected chi connectivity index (χ4v) is 2.38. The Morgan fingerprint density at radius 2 is 1.81 bits per heavy atom. The molecule has 0 aliphatic heterocycles. The first-order valence-corrected chi connectivity index (χ1v) is 6.60. The highest BCUT2D eigenvalue weighted by atomic mass is 35.5. The summed E-state index contributed by atoms with van der Waals surface area (Å²) < 4.78 is 0. The number of imidazole rings is 1. The van der Waals surface area contributed by atoms with Crippen LogP contribution in [-0.2, 0) is 6.54 Å². The monoisotopic (exact) mass is 325 g/mol. The number of nitrogens with zero attached hydrogens (tertiary/aromatic N) is 3. The van der Waals surface area contributed by atoms with E-state index in [4.69, 9.17) is 23.2 Å². The van der Waals surface area contributed by atoms with Crippen LogP contribution in [0.1, 0.15) is 5.56 Å². The van der Waals surface area contributed by atoms with Crippen molar-refractivity contribution in [1.82, 2.24) is 19.9 Å². The van der Waals surface area contributed by atoms with E-state index >= 15 is 0 Å². The van der Waals surface area contributed by atoms with Crippen LogP contribution >= 0.6 is 23.2 Å². The Kier molecular flexibility index (Phi) is 3.44. The normalized spacial score (nSPS) is 11.0. The molecule has 0 radical (unpaired) electrons. The van der Waals surface area contributed by atoms with Crippen LogP contribution in [0.25, 0.3) is 11.2 Å². The number of benzene rings is 1. The number of rotatable bonds is 3. The van der Waals surface area contributed by atoms with Gasteiger partial charge in [-0.25, -0.2) is 15.0 Å². The lowest BCUT2D eigenvalue weighted by Crippen LogP contribution is -2.03. The van der Waals surface area contributed by atoms with Gasteiger partial charge >= 0.3 is 0 Å². The smallest absolute Gasteiger partial charge is 0.162 e. The number of hydrogen-bond acceptors (Lipinski definition) is 6. The molecule has 2 heterocycles. The van der Waals surface area contributed by atoms with Gasteiger partial charge in [-0.3, -0.25) is 0 Å². The highest BCUT2D eigenvalue weighted by Crippen LogP contribution is 2.39. The quantitative estimate of drug-likeness (QED) is 0.589. The van der Waals surface area contributed by atoms with Gasteiger partial charge in [-0.15, -0.1) is 0 Å². The van der Waals surface area contributed by atoms with Crippen LogP contribution in [0, 0.1) is 0 Å². The van der Waals surface area contributed by atoms with Crippen LogP contribution in [0.2, 0.25) is 10.0 Å². The predicted octanol–water partition coefficient (Wildman–Crippen LogP) is 2.68. The minimum absolute atomic E-state index is 0.0576. The maximum atomic E-state index is 9.91. The topological polar surface area (TPSA) is 107 Å². The minimum atomic E-state index is -0.238. The lowest BCUT2D eigenvalue weighted by molar-refractivity contribution is 0.440. The van der Waals surface area contributed by atoms with Crippen molar-refractivity contribution in [2.24, 2.45) is 0 Å². The molecule has 0 fully saturated rings. The standard InChI is InChI=1S/C12H9Cl2N5O2/c13-6-1-7(14)10(21)5(9(6)20)2-15-11-8-12(17-3-16-8)19-4-18-11/h1,3-4,20-21H,2H2,(H2,15,16,17,18,19). The molecule has 0 aliphatic carbocycles. The number of anilines is 1. The third-order valence-electron chi connectivity index (χ3n) is 2.93. The molecular weight excluding hydrogens is 317 g/mol. The van der Waals surface area contributed by atoms with Gasteiger partial charge in [-0.05, 0) is 6.07 Å². The summed E-state index contributed by atoms with van der Waals surface area (Å²) in [5.74, 6) is -0.0204. The molecule has 0 spiro atoms. The van der Waals surface area contributed by atoms with E-state index in [9.17, 15) is 10.2 Å². The molecule has 2 aromatic heterocycles. The first-order valence-electron chi connectivity index (χ1n) is 5.84. The Balaban J connectivity index is 1.94. The molecule has 3 aromatic rings. The van der Waals surface area contributed by atoms with Gasteiger partial charge in [0.15, 0.2) is 11.5 Å². The van der Waals surface area contributed by atoms with Gasteiger partial charge < -0.3 is 20.5 Å². The summed E-state index contributed by atoms with van der Waals surface area (Å²) in [5, 5.41) is 22.9. The number of aromatic hydroxyl groups is 2. The number of nitrogens with one attached hydrogen (secondary N) is 2. The van der Waals surface area contributed by atoms with E-state index in [0.717, 1.165) is 0 Å². The molecule has 108 valence electrons. The second-order valence-corrected chi connectivity index (χ2v) is 5.01. The average molecular weight is 326 g/mol. The van der Waals surface area contributed by atoms with Gasteiger partial charge in [0.25, 0.3) is 0 Å². The number of halogens is 2. The van der Waals surface area contributed by atoms with E-state index in [1.165, 1.54) is 18.7 Å². The maximum absolute atomic E-state index is 9.91.